The van der Waals surface area contributed by atoms with E-state index in [-0.39, 0.29) is 23.6 Å². The number of phenols is 1. The molecule has 0 aromatic heterocycles. The number of nitrogens with one attached hydrogen (secondary N) is 2. The molecule has 1 amide bonds. The topological polar surface area (TPSA) is 119 Å². The molecule has 130 valence electrons. The molecule has 2 rings (SSSR count). The van der Waals surface area contributed by atoms with Crippen molar-refractivity contribution in [2.75, 3.05) is 6.54 Å². The maximum atomic E-state index is 12.5. The molecule has 0 aliphatic rings. The number of hydrogen-bond donors (Lipinski definition) is 3. The Hall–Kier alpha value is -2.89. The maximum absolute atomic E-state index is 12.5. The van der Waals surface area contributed by atoms with E-state index in [1.54, 1.807) is 36.4 Å². The Labute approximate surface area is 146 Å². The molecule has 0 saturated carbocycles. The predicted molar refractivity (Wildman–Crippen MR) is 91.0 cm³/mol. The second-order valence-corrected chi connectivity index (χ2v) is 6.95. The number of aromatic hydroxyl groups is 1. The Morgan fingerprint density at radius 3 is 2.36 bits per heavy atom. The van der Waals surface area contributed by atoms with Crippen LogP contribution in [-0.2, 0) is 21.2 Å². The van der Waals surface area contributed by atoms with Crippen LogP contribution in [0.4, 0.5) is 0 Å². The van der Waals surface area contributed by atoms with Crippen molar-refractivity contribution in [3.05, 3.63) is 60.2 Å². The molecule has 1 atom stereocenters. The number of amides is 1. The van der Waals surface area contributed by atoms with Crippen LogP contribution in [0.2, 0.25) is 0 Å². The summed E-state index contributed by atoms with van der Waals surface area (Å²) in [6.45, 7) is -0.224. The van der Waals surface area contributed by atoms with Crippen molar-refractivity contribution in [3.63, 3.8) is 0 Å². The van der Waals surface area contributed by atoms with Crippen LogP contribution in [0, 0.1) is 11.3 Å². The van der Waals surface area contributed by atoms with E-state index in [4.69, 9.17) is 5.26 Å². The first-order chi connectivity index (χ1) is 11.9. The molecule has 0 saturated heterocycles. The summed E-state index contributed by atoms with van der Waals surface area (Å²) in [5, 5.41) is 20.3. The third kappa shape index (κ3) is 5.31. The molecule has 0 spiro atoms. The first-order valence-electron chi connectivity index (χ1n) is 7.42. The van der Waals surface area contributed by atoms with Crippen LogP contribution >= 0.6 is 0 Å². The summed E-state index contributed by atoms with van der Waals surface area (Å²) in [5.74, 6) is -0.534. The SMILES string of the molecule is N#CCNC(=O)C(Cc1ccc(O)cc1)NS(=O)(=O)c1ccccc1. The molecular formula is C17H17N3O4S. The molecule has 0 bridgehead atoms. The van der Waals surface area contributed by atoms with Crippen LogP contribution in [0.3, 0.4) is 0 Å². The number of benzene rings is 2. The highest BCUT2D eigenvalue weighted by atomic mass is 32.2. The van der Waals surface area contributed by atoms with Crippen LogP contribution in [0.15, 0.2) is 59.5 Å². The largest absolute Gasteiger partial charge is 0.508 e. The smallest absolute Gasteiger partial charge is 0.241 e. The summed E-state index contributed by atoms with van der Waals surface area (Å²) in [6.07, 6.45) is 0.0730. The van der Waals surface area contributed by atoms with E-state index in [1.807, 2.05) is 0 Å². The molecule has 0 radical (unpaired) electrons. The van der Waals surface area contributed by atoms with Gasteiger partial charge in [-0.3, -0.25) is 4.79 Å². The summed E-state index contributed by atoms with van der Waals surface area (Å²) in [7, 11) is -3.90. The van der Waals surface area contributed by atoms with Crippen LogP contribution in [-0.4, -0.2) is 32.0 Å². The molecule has 0 aliphatic heterocycles. The van der Waals surface area contributed by atoms with Gasteiger partial charge < -0.3 is 10.4 Å². The van der Waals surface area contributed by atoms with Gasteiger partial charge in [0.05, 0.1) is 11.0 Å². The summed E-state index contributed by atoms with van der Waals surface area (Å²) in [4.78, 5) is 12.3. The van der Waals surface area contributed by atoms with Crippen molar-refractivity contribution >= 4 is 15.9 Å². The Bertz CT molecular complexity index is 859. The van der Waals surface area contributed by atoms with Gasteiger partial charge >= 0.3 is 0 Å². The van der Waals surface area contributed by atoms with Gasteiger partial charge in [0, 0.05) is 0 Å². The quantitative estimate of drug-likeness (QED) is 0.635. The van der Waals surface area contributed by atoms with E-state index in [0.717, 1.165) is 0 Å². The molecule has 7 nitrogen and oxygen atoms in total. The number of nitriles is 1. The number of carbonyl (C=O) groups excluding carboxylic acids is 1. The van der Waals surface area contributed by atoms with Crippen molar-refractivity contribution in [2.45, 2.75) is 17.4 Å². The average molecular weight is 359 g/mol. The second-order valence-electron chi connectivity index (χ2n) is 5.23. The van der Waals surface area contributed by atoms with Gasteiger partial charge in [-0.05, 0) is 36.2 Å². The van der Waals surface area contributed by atoms with Crippen molar-refractivity contribution in [1.82, 2.24) is 10.0 Å². The number of nitrogens with zero attached hydrogens (tertiary/aromatic N) is 1. The lowest BCUT2D eigenvalue weighted by molar-refractivity contribution is -0.122. The first-order valence-corrected chi connectivity index (χ1v) is 8.90. The number of sulfonamides is 1. The van der Waals surface area contributed by atoms with Crippen molar-refractivity contribution < 1.29 is 18.3 Å². The van der Waals surface area contributed by atoms with E-state index in [0.29, 0.717) is 5.56 Å². The van der Waals surface area contributed by atoms with Gasteiger partial charge in [0.1, 0.15) is 18.3 Å². The first kappa shape index (κ1) is 18.4. The lowest BCUT2D eigenvalue weighted by atomic mass is 10.1. The van der Waals surface area contributed by atoms with E-state index in [9.17, 15) is 18.3 Å². The fourth-order valence-corrected chi connectivity index (χ4v) is 3.38. The fraction of sp³-hybridized carbons (Fsp3) is 0.176. The molecule has 3 N–H and O–H groups in total. The average Bonchev–Trinajstić information content (AvgIpc) is 2.61. The van der Waals surface area contributed by atoms with Gasteiger partial charge in [0.15, 0.2) is 0 Å². The third-order valence-corrected chi connectivity index (χ3v) is 4.87. The highest BCUT2D eigenvalue weighted by Crippen LogP contribution is 2.13. The maximum Gasteiger partial charge on any atom is 0.241 e. The summed E-state index contributed by atoms with van der Waals surface area (Å²) < 4.78 is 27.3. The Balaban J connectivity index is 2.23. The molecular weight excluding hydrogens is 342 g/mol. The fourth-order valence-electron chi connectivity index (χ4n) is 2.16. The van der Waals surface area contributed by atoms with Crippen molar-refractivity contribution in [3.8, 4) is 11.8 Å². The third-order valence-electron chi connectivity index (χ3n) is 3.39. The number of phenolic OH excluding ortho intramolecular Hbond substituents is 1. The zero-order chi connectivity index (χ0) is 18.3. The molecule has 0 fully saturated rings. The molecule has 0 heterocycles. The number of carbonyl (C=O) groups is 1. The highest BCUT2D eigenvalue weighted by Gasteiger charge is 2.25. The standard InChI is InChI=1S/C17H17N3O4S/c18-10-11-19-17(22)16(12-13-6-8-14(21)9-7-13)20-25(23,24)15-4-2-1-3-5-15/h1-9,16,20-21H,11-12H2,(H,19,22). The van der Waals surface area contributed by atoms with Crippen LogP contribution in [0.5, 0.6) is 5.75 Å². The van der Waals surface area contributed by atoms with E-state index < -0.39 is 22.0 Å². The molecule has 8 heteroatoms. The van der Waals surface area contributed by atoms with Gasteiger partial charge in [-0.15, -0.1) is 0 Å². The minimum Gasteiger partial charge on any atom is -0.508 e. The normalized spacial score (nSPS) is 12.1. The molecule has 2 aromatic rings. The van der Waals surface area contributed by atoms with Gasteiger partial charge in [-0.2, -0.15) is 9.98 Å². The lowest BCUT2D eigenvalue weighted by Crippen LogP contribution is -2.48. The van der Waals surface area contributed by atoms with Crippen molar-refractivity contribution in [2.24, 2.45) is 0 Å². The van der Waals surface area contributed by atoms with E-state index in [2.05, 4.69) is 10.0 Å². The Kier molecular flexibility index (Phi) is 6.11. The zero-order valence-corrected chi connectivity index (χ0v) is 14.0. The van der Waals surface area contributed by atoms with E-state index in [1.165, 1.54) is 24.3 Å². The highest BCUT2D eigenvalue weighted by molar-refractivity contribution is 7.89. The monoisotopic (exact) mass is 359 g/mol. The molecule has 25 heavy (non-hydrogen) atoms. The van der Waals surface area contributed by atoms with Crippen LogP contribution < -0.4 is 10.0 Å². The lowest BCUT2D eigenvalue weighted by Gasteiger charge is -2.18. The van der Waals surface area contributed by atoms with Gasteiger partial charge in [-0.25, -0.2) is 8.42 Å². The van der Waals surface area contributed by atoms with Crippen LogP contribution in [0.1, 0.15) is 5.56 Å². The summed E-state index contributed by atoms with van der Waals surface area (Å²) in [6, 6.07) is 14.5. The van der Waals surface area contributed by atoms with Crippen LogP contribution in [0.25, 0.3) is 0 Å². The van der Waals surface area contributed by atoms with E-state index >= 15 is 0 Å². The van der Waals surface area contributed by atoms with Gasteiger partial charge in [-0.1, -0.05) is 30.3 Å². The Morgan fingerprint density at radius 2 is 1.76 bits per heavy atom. The summed E-state index contributed by atoms with van der Waals surface area (Å²) >= 11 is 0. The number of hydrogen-bond acceptors (Lipinski definition) is 5. The number of rotatable bonds is 7. The minimum absolute atomic E-state index is 0.0405. The summed E-state index contributed by atoms with van der Waals surface area (Å²) in [5.41, 5.74) is 0.658. The predicted octanol–water partition coefficient (Wildman–Crippen LogP) is 0.922. The second kappa shape index (κ2) is 8.28. The molecule has 0 aliphatic carbocycles. The van der Waals surface area contributed by atoms with Gasteiger partial charge in [0.25, 0.3) is 0 Å². The minimum atomic E-state index is -3.90. The Morgan fingerprint density at radius 1 is 1.12 bits per heavy atom. The zero-order valence-electron chi connectivity index (χ0n) is 13.2. The molecule has 2 aromatic carbocycles. The molecule has 1 unspecified atom stereocenters. The van der Waals surface area contributed by atoms with Gasteiger partial charge in [0.2, 0.25) is 15.9 Å². The van der Waals surface area contributed by atoms with Crippen molar-refractivity contribution in [1.29, 1.82) is 5.26 Å².